The molecule has 0 saturated heterocycles. The van der Waals surface area contributed by atoms with Crippen LogP contribution in [0.2, 0.25) is 0 Å². The first-order chi connectivity index (χ1) is 6.45. The van der Waals surface area contributed by atoms with Crippen molar-refractivity contribution in [3.8, 4) is 0 Å². The summed E-state index contributed by atoms with van der Waals surface area (Å²) in [5, 5.41) is 10.3. The molecule has 0 spiro atoms. The van der Waals surface area contributed by atoms with Crippen molar-refractivity contribution in [1.82, 2.24) is 4.98 Å². The molecule has 1 heterocycles. The molecule has 8 heteroatoms. The molecule has 0 aliphatic heterocycles. The summed E-state index contributed by atoms with van der Waals surface area (Å²) in [6, 6.07) is 0. The first kappa shape index (κ1) is 10.8. The van der Waals surface area contributed by atoms with E-state index in [0.29, 0.717) is 0 Å². The van der Waals surface area contributed by atoms with Crippen LogP contribution >= 0.6 is 15.9 Å². The van der Waals surface area contributed by atoms with E-state index >= 15 is 0 Å². The zero-order valence-electron chi connectivity index (χ0n) is 6.58. The molecule has 2 N–H and O–H groups in total. The van der Waals surface area contributed by atoms with Crippen LogP contribution in [-0.4, -0.2) is 9.91 Å². The van der Waals surface area contributed by atoms with Crippen LogP contribution in [0.3, 0.4) is 0 Å². The number of rotatable bonds is 2. The van der Waals surface area contributed by atoms with Crippen LogP contribution in [0.4, 0.5) is 20.3 Å². The van der Waals surface area contributed by atoms with Crippen LogP contribution in [0.1, 0.15) is 12.0 Å². The molecule has 0 aromatic carbocycles. The van der Waals surface area contributed by atoms with E-state index < -0.39 is 28.4 Å². The largest absolute Gasteiger partial charge is 0.391 e. The predicted molar refractivity (Wildman–Crippen MR) is 48.0 cm³/mol. The molecule has 0 unspecified atom stereocenters. The second kappa shape index (κ2) is 3.82. The van der Waals surface area contributed by atoms with Crippen LogP contribution in [0.15, 0.2) is 10.7 Å². The SMILES string of the molecule is Nc1c([N+](=O)[O-])ncc(C(F)F)c1Br. The average Bonchev–Trinajstić information content (AvgIpc) is 2.08. The number of nitrogen functional groups attached to an aromatic ring is 1. The van der Waals surface area contributed by atoms with Crippen LogP contribution in [0, 0.1) is 10.1 Å². The molecule has 76 valence electrons. The average molecular weight is 268 g/mol. The molecule has 0 radical (unpaired) electrons. The fourth-order valence-electron chi connectivity index (χ4n) is 0.808. The minimum atomic E-state index is -2.78. The highest BCUT2D eigenvalue weighted by atomic mass is 79.9. The molecule has 0 saturated carbocycles. The highest BCUT2D eigenvalue weighted by Crippen LogP contribution is 2.35. The van der Waals surface area contributed by atoms with Crippen molar-refractivity contribution in [2.45, 2.75) is 6.43 Å². The molecule has 0 aliphatic rings. The standard InChI is InChI=1S/C6H4BrF2N3O2/c7-3-2(5(8)9)1-11-6(4(3)10)12(13)14/h1,5H,10H2. The van der Waals surface area contributed by atoms with E-state index in [0.717, 1.165) is 6.20 Å². The van der Waals surface area contributed by atoms with Crippen molar-refractivity contribution in [3.05, 3.63) is 26.3 Å². The van der Waals surface area contributed by atoms with E-state index in [1.54, 1.807) is 0 Å². The molecular weight excluding hydrogens is 264 g/mol. The number of pyridine rings is 1. The number of anilines is 1. The van der Waals surface area contributed by atoms with E-state index in [4.69, 9.17) is 5.73 Å². The van der Waals surface area contributed by atoms with Gasteiger partial charge in [-0.15, -0.1) is 0 Å². The lowest BCUT2D eigenvalue weighted by Crippen LogP contribution is -2.02. The Balaban J connectivity index is 3.33. The molecule has 0 bridgehead atoms. The van der Waals surface area contributed by atoms with Gasteiger partial charge in [-0.05, 0) is 25.8 Å². The minimum absolute atomic E-state index is 0.186. The molecule has 1 aromatic rings. The molecule has 0 atom stereocenters. The van der Waals surface area contributed by atoms with Crippen molar-refractivity contribution < 1.29 is 13.7 Å². The topological polar surface area (TPSA) is 82.0 Å². The molecule has 14 heavy (non-hydrogen) atoms. The van der Waals surface area contributed by atoms with Crippen LogP contribution in [0.25, 0.3) is 0 Å². The minimum Gasteiger partial charge on any atom is -0.391 e. The Labute approximate surface area is 85.2 Å². The van der Waals surface area contributed by atoms with Crippen molar-refractivity contribution in [1.29, 1.82) is 0 Å². The number of nitrogens with two attached hydrogens (primary N) is 1. The monoisotopic (exact) mass is 267 g/mol. The Morgan fingerprint density at radius 1 is 1.64 bits per heavy atom. The van der Waals surface area contributed by atoms with Gasteiger partial charge in [0.2, 0.25) is 0 Å². The van der Waals surface area contributed by atoms with Gasteiger partial charge in [0.25, 0.3) is 6.43 Å². The van der Waals surface area contributed by atoms with Crippen molar-refractivity contribution in [3.63, 3.8) is 0 Å². The van der Waals surface area contributed by atoms with Gasteiger partial charge in [0, 0.05) is 0 Å². The van der Waals surface area contributed by atoms with Crippen LogP contribution < -0.4 is 5.73 Å². The number of alkyl halides is 2. The number of halogens is 3. The van der Waals surface area contributed by atoms with Gasteiger partial charge in [0.05, 0.1) is 10.0 Å². The Hall–Kier alpha value is -1.31. The van der Waals surface area contributed by atoms with E-state index in [1.165, 1.54) is 0 Å². The quantitative estimate of drug-likeness (QED) is 0.658. The van der Waals surface area contributed by atoms with Gasteiger partial charge in [-0.3, -0.25) is 0 Å². The van der Waals surface area contributed by atoms with Gasteiger partial charge >= 0.3 is 5.82 Å². The van der Waals surface area contributed by atoms with Gasteiger partial charge in [-0.1, -0.05) is 0 Å². The third-order valence-electron chi connectivity index (χ3n) is 1.46. The summed E-state index contributed by atoms with van der Waals surface area (Å²) in [6.07, 6.45) is -2.05. The van der Waals surface area contributed by atoms with Crippen molar-refractivity contribution >= 4 is 27.4 Å². The summed E-state index contributed by atoms with van der Waals surface area (Å²) < 4.78 is 24.3. The molecule has 5 nitrogen and oxygen atoms in total. The third-order valence-corrected chi connectivity index (χ3v) is 2.35. The smallest absolute Gasteiger partial charge is 0.387 e. The molecule has 0 fully saturated rings. The maximum absolute atomic E-state index is 12.2. The lowest BCUT2D eigenvalue weighted by molar-refractivity contribution is -0.388. The Bertz CT molecular complexity index is 386. The van der Waals surface area contributed by atoms with E-state index in [1.807, 2.05) is 0 Å². The second-order valence-electron chi connectivity index (χ2n) is 2.32. The van der Waals surface area contributed by atoms with Gasteiger partial charge in [-0.2, -0.15) is 0 Å². The zero-order chi connectivity index (χ0) is 10.9. The zero-order valence-corrected chi connectivity index (χ0v) is 8.16. The maximum Gasteiger partial charge on any atom is 0.387 e. The third kappa shape index (κ3) is 1.79. The molecule has 1 rings (SSSR count). The van der Waals surface area contributed by atoms with Crippen molar-refractivity contribution in [2.24, 2.45) is 0 Å². The second-order valence-corrected chi connectivity index (χ2v) is 3.12. The lowest BCUT2D eigenvalue weighted by atomic mass is 10.2. The molecule has 0 aliphatic carbocycles. The first-order valence-electron chi connectivity index (χ1n) is 3.31. The fraction of sp³-hybridized carbons (Fsp3) is 0.167. The molecule has 0 amide bonds. The van der Waals surface area contributed by atoms with Gasteiger partial charge < -0.3 is 15.8 Å². The highest BCUT2D eigenvalue weighted by molar-refractivity contribution is 9.10. The summed E-state index contributed by atoms with van der Waals surface area (Å²) in [7, 11) is 0. The normalized spacial score (nSPS) is 10.6. The lowest BCUT2D eigenvalue weighted by Gasteiger charge is -2.03. The first-order valence-corrected chi connectivity index (χ1v) is 4.11. The summed E-state index contributed by atoms with van der Waals surface area (Å²) in [6.45, 7) is 0. The number of aromatic nitrogens is 1. The Kier molecular flexibility index (Phi) is 2.94. The fourth-order valence-corrected chi connectivity index (χ4v) is 1.26. The summed E-state index contributed by atoms with van der Waals surface area (Å²) in [5.41, 5.74) is 4.38. The number of hydrogen-bond donors (Lipinski definition) is 1. The molecular formula is C6H4BrF2N3O2. The number of nitro groups is 1. The van der Waals surface area contributed by atoms with Gasteiger partial charge in [0.1, 0.15) is 5.69 Å². The van der Waals surface area contributed by atoms with E-state index in [-0.39, 0.29) is 4.47 Å². The van der Waals surface area contributed by atoms with E-state index in [2.05, 4.69) is 20.9 Å². The maximum atomic E-state index is 12.2. The van der Waals surface area contributed by atoms with Crippen molar-refractivity contribution in [2.75, 3.05) is 5.73 Å². The van der Waals surface area contributed by atoms with Gasteiger partial charge in [-0.25, -0.2) is 8.78 Å². The highest BCUT2D eigenvalue weighted by Gasteiger charge is 2.23. The summed E-state index contributed by atoms with van der Waals surface area (Å²) in [5.74, 6) is -0.638. The summed E-state index contributed by atoms with van der Waals surface area (Å²) >= 11 is 2.75. The van der Waals surface area contributed by atoms with Crippen LogP contribution in [0.5, 0.6) is 0 Å². The number of nitrogens with zero attached hydrogens (tertiary/aromatic N) is 2. The Morgan fingerprint density at radius 3 is 2.64 bits per heavy atom. The van der Waals surface area contributed by atoms with Crippen LogP contribution in [-0.2, 0) is 0 Å². The molecule has 1 aromatic heterocycles. The van der Waals surface area contributed by atoms with Gasteiger partial charge in [0.15, 0.2) is 6.20 Å². The Morgan fingerprint density at radius 2 is 2.21 bits per heavy atom. The predicted octanol–water partition coefficient (Wildman–Crippen LogP) is 2.27. The summed E-state index contributed by atoms with van der Waals surface area (Å²) in [4.78, 5) is 12.7. The number of hydrogen-bond acceptors (Lipinski definition) is 4. The van der Waals surface area contributed by atoms with E-state index in [9.17, 15) is 18.9 Å².